The molecule has 1 fully saturated rings. The van der Waals surface area contributed by atoms with Gasteiger partial charge < -0.3 is 14.4 Å². The topological polar surface area (TPSA) is 53.7 Å². The molecule has 15 heavy (non-hydrogen) atoms. The predicted molar refractivity (Wildman–Crippen MR) is 54.9 cm³/mol. The molecule has 0 spiro atoms. The van der Waals surface area contributed by atoms with E-state index in [9.17, 15) is 9.90 Å². The van der Waals surface area contributed by atoms with Crippen molar-refractivity contribution in [2.45, 2.75) is 12.5 Å². The summed E-state index contributed by atoms with van der Waals surface area (Å²) < 4.78 is 5.06. The van der Waals surface area contributed by atoms with E-state index in [0.717, 1.165) is 0 Å². The highest BCUT2D eigenvalue weighted by Gasteiger charge is 2.22. The number of hydrogen-bond donors (Lipinski definition) is 1. The Morgan fingerprint density at radius 2 is 2.53 bits per heavy atom. The van der Waals surface area contributed by atoms with Gasteiger partial charge in [-0.15, -0.1) is 0 Å². The van der Waals surface area contributed by atoms with Crippen LogP contribution in [0.25, 0.3) is 6.08 Å². The maximum atomic E-state index is 11.6. The number of carbonyl (C=O) groups excluding carboxylic acids is 1. The summed E-state index contributed by atoms with van der Waals surface area (Å²) in [5, 5.41) is 9.26. The predicted octanol–water partition coefficient (Wildman–Crippen LogP) is 0.886. The summed E-state index contributed by atoms with van der Waals surface area (Å²) >= 11 is 0. The van der Waals surface area contributed by atoms with Gasteiger partial charge in [-0.1, -0.05) is 0 Å². The number of aliphatic hydroxyl groups excluding tert-OH is 1. The fourth-order valence-corrected chi connectivity index (χ4v) is 1.59. The van der Waals surface area contributed by atoms with Gasteiger partial charge in [0, 0.05) is 19.2 Å². The molecule has 1 aliphatic rings. The zero-order valence-corrected chi connectivity index (χ0v) is 8.30. The SMILES string of the molecule is O=C(/C=C/c1ccco1)N1CC[C@@H](O)C1. The van der Waals surface area contributed by atoms with Crippen molar-refractivity contribution in [3.05, 3.63) is 30.2 Å². The van der Waals surface area contributed by atoms with Crippen LogP contribution in [0, 0.1) is 0 Å². The Morgan fingerprint density at radius 1 is 1.67 bits per heavy atom. The van der Waals surface area contributed by atoms with Crippen molar-refractivity contribution in [2.75, 3.05) is 13.1 Å². The number of rotatable bonds is 2. The molecule has 1 atom stereocenters. The molecule has 0 aliphatic carbocycles. The molecule has 1 saturated heterocycles. The van der Waals surface area contributed by atoms with Crippen LogP contribution in [0.1, 0.15) is 12.2 Å². The summed E-state index contributed by atoms with van der Waals surface area (Å²) in [6.07, 6.45) is 4.96. The van der Waals surface area contributed by atoms with E-state index >= 15 is 0 Å². The van der Waals surface area contributed by atoms with Crippen LogP contribution in [-0.2, 0) is 4.79 Å². The average Bonchev–Trinajstić information content (AvgIpc) is 2.84. The molecule has 0 radical (unpaired) electrons. The lowest BCUT2D eigenvalue weighted by Gasteiger charge is -2.11. The lowest BCUT2D eigenvalue weighted by molar-refractivity contribution is -0.125. The van der Waals surface area contributed by atoms with Crippen molar-refractivity contribution in [1.82, 2.24) is 4.90 Å². The molecule has 1 aliphatic heterocycles. The molecule has 0 aromatic carbocycles. The lowest BCUT2D eigenvalue weighted by atomic mass is 10.3. The van der Waals surface area contributed by atoms with E-state index in [1.165, 1.54) is 6.08 Å². The van der Waals surface area contributed by atoms with Gasteiger partial charge in [-0.3, -0.25) is 4.79 Å². The van der Waals surface area contributed by atoms with Crippen molar-refractivity contribution in [3.63, 3.8) is 0 Å². The number of furan rings is 1. The van der Waals surface area contributed by atoms with Gasteiger partial charge in [-0.25, -0.2) is 0 Å². The molecule has 1 amide bonds. The third-order valence-electron chi connectivity index (χ3n) is 2.41. The number of likely N-dealkylation sites (tertiary alicyclic amines) is 1. The van der Waals surface area contributed by atoms with Gasteiger partial charge in [0.2, 0.25) is 5.91 Å². The summed E-state index contributed by atoms with van der Waals surface area (Å²) in [7, 11) is 0. The van der Waals surface area contributed by atoms with E-state index in [1.54, 1.807) is 29.4 Å². The van der Waals surface area contributed by atoms with E-state index in [2.05, 4.69) is 0 Å². The Labute approximate surface area is 87.8 Å². The van der Waals surface area contributed by atoms with E-state index < -0.39 is 0 Å². The Morgan fingerprint density at radius 3 is 3.13 bits per heavy atom. The van der Waals surface area contributed by atoms with Crippen molar-refractivity contribution >= 4 is 12.0 Å². The summed E-state index contributed by atoms with van der Waals surface area (Å²) in [6, 6.07) is 3.55. The molecule has 4 heteroatoms. The molecule has 1 N–H and O–H groups in total. The maximum absolute atomic E-state index is 11.6. The number of nitrogens with zero attached hydrogens (tertiary/aromatic N) is 1. The van der Waals surface area contributed by atoms with Crippen LogP contribution in [0.3, 0.4) is 0 Å². The van der Waals surface area contributed by atoms with Crippen molar-refractivity contribution in [1.29, 1.82) is 0 Å². The third-order valence-corrected chi connectivity index (χ3v) is 2.41. The van der Waals surface area contributed by atoms with Crippen LogP contribution in [0.5, 0.6) is 0 Å². The normalized spacial score (nSPS) is 21.4. The van der Waals surface area contributed by atoms with Crippen molar-refractivity contribution in [3.8, 4) is 0 Å². The number of β-amino-alcohol motifs (C(OH)–C–C–N with tert-alkyl or cyclic N) is 1. The second-order valence-electron chi connectivity index (χ2n) is 3.58. The van der Waals surface area contributed by atoms with Gasteiger partial charge >= 0.3 is 0 Å². The Balaban J connectivity index is 1.92. The first-order chi connectivity index (χ1) is 7.25. The molecule has 1 aromatic rings. The number of amides is 1. The molecule has 0 bridgehead atoms. The van der Waals surface area contributed by atoms with Crippen LogP contribution in [0.15, 0.2) is 28.9 Å². The van der Waals surface area contributed by atoms with Crippen LogP contribution < -0.4 is 0 Å². The molecular weight excluding hydrogens is 194 g/mol. The number of hydrogen-bond acceptors (Lipinski definition) is 3. The molecule has 4 nitrogen and oxygen atoms in total. The first-order valence-electron chi connectivity index (χ1n) is 4.94. The minimum atomic E-state index is -0.369. The molecule has 0 saturated carbocycles. The van der Waals surface area contributed by atoms with E-state index in [4.69, 9.17) is 4.42 Å². The van der Waals surface area contributed by atoms with Gasteiger partial charge in [0.25, 0.3) is 0 Å². The summed E-state index contributed by atoms with van der Waals surface area (Å²) in [5.74, 6) is 0.575. The number of carbonyl (C=O) groups is 1. The minimum Gasteiger partial charge on any atom is -0.465 e. The first kappa shape index (κ1) is 9.98. The minimum absolute atomic E-state index is 0.0806. The largest absolute Gasteiger partial charge is 0.465 e. The highest BCUT2D eigenvalue weighted by Crippen LogP contribution is 2.10. The standard InChI is InChI=1S/C11H13NO3/c13-9-5-6-12(8-9)11(14)4-3-10-2-1-7-15-10/h1-4,7,9,13H,5-6,8H2/b4-3+/t9-/m1/s1. The van der Waals surface area contributed by atoms with Crippen LogP contribution in [0.2, 0.25) is 0 Å². The molecule has 0 unspecified atom stereocenters. The van der Waals surface area contributed by atoms with Gasteiger partial charge in [0.1, 0.15) is 5.76 Å². The fraction of sp³-hybridized carbons (Fsp3) is 0.364. The zero-order valence-electron chi connectivity index (χ0n) is 8.30. The molecule has 80 valence electrons. The highest BCUT2D eigenvalue weighted by molar-refractivity contribution is 5.91. The van der Waals surface area contributed by atoms with E-state index in [-0.39, 0.29) is 12.0 Å². The van der Waals surface area contributed by atoms with Crippen LogP contribution in [-0.4, -0.2) is 35.1 Å². The van der Waals surface area contributed by atoms with Crippen LogP contribution in [0.4, 0.5) is 0 Å². The summed E-state index contributed by atoms with van der Waals surface area (Å²) in [4.78, 5) is 13.2. The smallest absolute Gasteiger partial charge is 0.246 e. The van der Waals surface area contributed by atoms with E-state index in [1.807, 2.05) is 0 Å². The van der Waals surface area contributed by atoms with Crippen molar-refractivity contribution < 1.29 is 14.3 Å². The highest BCUT2D eigenvalue weighted by atomic mass is 16.3. The van der Waals surface area contributed by atoms with Gasteiger partial charge in [-0.2, -0.15) is 0 Å². The second-order valence-corrected chi connectivity index (χ2v) is 3.58. The number of aliphatic hydroxyl groups is 1. The summed E-state index contributed by atoms with van der Waals surface area (Å²) in [5.41, 5.74) is 0. The second kappa shape index (κ2) is 4.31. The van der Waals surface area contributed by atoms with Crippen molar-refractivity contribution in [2.24, 2.45) is 0 Å². The monoisotopic (exact) mass is 207 g/mol. The van der Waals surface area contributed by atoms with Crippen LogP contribution >= 0.6 is 0 Å². The Kier molecular flexibility index (Phi) is 2.87. The Bertz CT molecular complexity index is 356. The Hall–Kier alpha value is -1.55. The first-order valence-corrected chi connectivity index (χ1v) is 4.94. The van der Waals surface area contributed by atoms with Gasteiger partial charge in [0.15, 0.2) is 0 Å². The summed E-state index contributed by atoms with van der Waals surface area (Å²) in [6.45, 7) is 1.06. The molecule has 1 aromatic heterocycles. The zero-order chi connectivity index (χ0) is 10.7. The molecule has 2 rings (SSSR count). The molecular formula is C11H13NO3. The lowest BCUT2D eigenvalue weighted by Crippen LogP contribution is -2.27. The van der Waals surface area contributed by atoms with Gasteiger partial charge in [-0.05, 0) is 24.6 Å². The van der Waals surface area contributed by atoms with Gasteiger partial charge in [0.05, 0.1) is 12.4 Å². The maximum Gasteiger partial charge on any atom is 0.246 e. The quantitative estimate of drug-likeness (QED) is 0.732. The fourth-order valence-electron chi connectivity index (χ4n) is 1.59. The van der Waals surface area contributed by atoms with E-state index in [0.29, 0.717) is 25.3 Å². The average molecular weight is 207 g/mol. The third kappa shape index (κ3) is 2.47. The molecule has 2 heterocycles.